The summed E-state index contributed by atoms with van der Waals surface area (Å²) >= 11 is 1.46. The summed E-state index contributed by atoms with van der Waals surface area (Å²) in [7, 11) is -3.31. The highest BCUT2D eigenvalue weighted by atomic mass is 32.2. The standard InChI is InChI=1S/C19H24N6O4S2/c1-11(2)31(26,27)23-5-4-6-25-18-16(17(20)21-9-22-18)24-19(25)30-15-8-14-13(7-12(15)3)28-10-29-14/h7-9,11,23H,4-6,10H2,1-3H3,(H2,20,21,22). The largest absolute Gasteiger partial charge is 0.454 e. The number of benzene rings is 1. The van der Waals surface area contributed by atoms with E-state index in [1.54, 1.807) is 13.8 Å². The van der Waals surface area contributed by atoms with E-state index in [-0.39, 0.29) is 6.79 Å². The number of ether oxygens (including phenoxy) is 2. The second-order valence-corrected chi connectivity index (χ2v) is 10.7. The molecule has 3 aromatic rings. The van der Waals surface area contributed by atoms with Gasteiger partial charge in [-0.25, -0.2) is 28.1 Å². The van der Waals surface area contributed by atoms with Gasteiger partial charge in [-0.2, -0.15) is 0 Å². The zero-order valence-electron chi connectivity index (χ0n) is 17.5. The third kappa shape index (κ3) is 4.41. The molecule has 3 heterocycles. The molecule has 0 saturated carbocycles. The topological polar surface area (TPSA) is 134 Å². The Hall–Kier alpha value is -2.57. The van der Waals surface area contributed by atoms with Gasteiger partial charge in [0, 0.05) is 18.0 Å². The fourth-order valence-electron chi connectivity index (χ4n) is 3.06. The van der Waals surface area contributed by atoms with Crippen molar-refractivity contribution in [2.75, 3.05) is 19.1 Å². The summed E-state index contributed by atoms with van der Waals surface area (Å²) in [5, 5.41) is 0.213. The van der Waals surface area contributed by atoms with Crippen LogP contribution in [-0.4, -0.2) is 46.5 Å². The third-order valence-corrected chi connectivity index (χ3v) is 7.88. The minimum Gasteiger partial charge on any atom is -0.454 e. The van der Waals surface area contributed by atoms with E-state index in [1.165, 1.54) is 18.1 Å². The summed E-state index contributed by atoms with van der Waals surface area (Å²) in [5.74, 6) is 1.72. The quantitative estimate of drug-likeness (QED) is 0.482. The van der Waals surface area contributed by atoms with Crippen molar-refractivity contribution in [2.45, 2.75) is 49.0 Å². The van der Waals surface area contributed by atoms with Gasteiger partial charge in [0.05, 0.1) is 5.25 Å². The van der Waals surface area contributed by atoms with Crippen molar-refractivity contribution in [2.24, 2.45) is 0 Å². The number of imidazole rings is 1. The lowest BCUT2D eigenvalue weighted by atomic mass is 10.2. The number of nitrogens with zero attached hydrogens (tertiary/aromatic N) is 4. The first-order valence-electron chi connectivity index (χ1n) is 9.79. The van der Waals surface area contributed by atoms with E-state index >= 15 is 0 Å². The Kier molecular flexibility index (Phi) is 5.95. The maximum Gasteiger partial charge on any atom is 0.231 e. The average Bonchev–Trinajstić information content (AvgIpc) is 3.30. The smallest absolute Gasteiger partial charge is 0.231 e. The molecule has 4 rings (SSSR count). The number of hydrogen-bond donors (Lipinski definition) is 2. The monoisotopic (exact) mass is 464 g/mol. The van der Waals surface area contributed by atoms with E-state index in [2.05, 4.69) is 19.7 Å². The fourth-order valence-corrected chi connectivity index (χ4v) is 4.83. The molecule has 31 heavy (non-hydrogen) atoms. The molecule has 0 radical (unpaired) electrons. The molecule has 3 N–H and O–H groups in total. The summed E-state index contributed by atoms with van der Waals surface area (Å²) in [5.41, 5.74) is 8.17. The van der Waals surface area contributed by atoms with Crippen LogP contribution in [0, 0.1) is 6.92 Å². The van der Waals surface area contributed by atoms with Gasteiger partial charge in [0.2, 0.25) is 16.8 Å². The first-order valence-corrected chi connectivity index (χ1v) is 12.2. The van der Waals surface area contributed by atoms with Crippen LogP contribution in [0.1, 0.15) is 25.8 Å². The summed E-state index contributed by atoms with van der Waals surface area (Å²) < 4.78 is 39.5. The van der Waals surface area contributed by atoms with Gasteiger partial charge in [0.1, 0.15) is 6.33 Å². The number of nitrogen functional groups attached to an aromatic ring is 1. The molecular formula is C19H24N6O4S2. The Balaban J connectivity index is 1.61. The normalized spacial score (nSPS) is 13.4. The lowest BCUT2D eigenvalue weighted by Crippen LogP contribution is -2.31. The number of nitrogens with two attached hydrogens (primary N) is 1. The van der Waals surface area contributed by atoms with Gasteiger partial charge < -0.3 is 19.8 Å². The van der Waals surface area contributed by atoms with Gasteiger partial charge in [-0.05, 0) is 44.9 Å². The minimum absolute atomic E-state index is 0.208. The second-order valence-electron chi connectivity index (χ2n) is 7.39. The second kappa shape index (κ2) is 8.52. The lowest BCUT2D eigenvalue weighted by Gasteiger charge is -2.12. The van der Waals surface area contributed by atoms with Crippen LogP contribution in [0.3, 0.4) is 0 Å². The van der Waals surface area contributed by atoms with Gasteiger partial charge in [-0.1, -0.05) is 11.8 Å². The predicted octanol–water partition coefficient (Wildman–Crippen LogP) is 2.31. The predicted molar refractivity (Wildman–Crippen MR) is 118 cm³/mol. The molecule has 2 aromatic heterocycles. The van der Waals surface area contributed by atoms with Crippen LogP contribution in [0.5, 0.6) is 11.5 Å². The van der Waals surface area contributed by atoms with Crippen LogP contribution in [-0.2, 0) is 16.6 Å². The molecule has 1 aliphatic heterocycles. The summed E-state index contributed by atoms with van der Waals surface area (Å²) in [6, 6.07) is 3.87. The fraction of sp³-hybridized carbons (Fsp3) is 0.421. The van der Waals surface area contributed by atoms with E-state index in [9.17, 15) is 8.42 Å². The van der Waals surface area contributed by atoms with Crippen molar-refractivity contribution < 1.29 is 17.9 Å². The molecule has 0 bridgehead atoms. The maximum atomic E-state index is 12.0. The van der Waals surface area contributed by atoms with Crippen molar-refractivity contribution >= 4 is 38.8 Å². The van der Waals surface area contributed by atoms with E-state index in [1.807, 2.05) is 23.6 Å². The van der Waals surface area contributed by atoms with E-state index < -0.39 is 15.3 Å². The molecule has 0 amide bonds. The van der Waals surface area contributed by atoms with E-state index in [4.69, 9.17) is 15.2 Å². The lowest BCUT2D eigenvalue weighted by molar-refractivity contribution is 0.174. The van der Waals surface area contributed by atoms with Gasteiger partial charge in [0.15, 0.2) is 33.6 Å². The summed E-state index contributed by atoms with van der Waals surface area (Å²) in [6.45, 7) is 6.32. The molecule has 0 atom stereocenters. The number of rotatable bonds is 8. The number of nitrogens with one attached hydrogen (secondary N) is 1. The van der Waals surface area contributed by atoms with E-state index in [0.29, 0.717) is 47.4 Å². The number of aryl methyl sites for hydroxylation is 2. The molecule has 10 nitrogen and oxygen atoms in total. The first-order chi connectivity index (χ1) is 14.8. The number of aromatic nitrogens is 4. The first kappa shape index (κ1) is 21.7. The van der Waals surface area contributed by atoms with Crippen LogP contribution < -0.4 is 19.9 Å². The van der Waals surface area contributed by atoms with Crippen molar-refractivity contribution in [3.05, 3.63) is 24.0 Å². The zero-order chi connectivity index (χ0) is 22.2. The van der Waals surface area contributed by atoms with Gasteiger partial charge >= 0.3 is 0 Å². The van der Waals surface area contributed by atoms with Crippen molar-refractivity contribution in [1.82, 2.24) is 24.2 Å². The number of fused-ring (bicyclic) bond motifs is 2. The molecular weight excluding hydrogens is 440 g/mol. The van der Waals surface area contributed by atoms with Crippen LogP contribution in [0.2, 0.25) is 0 Å². The van der Waals surface area contributed by atoms with Crippen molar-refractivity contribution in [3.63, 3.8) is 0 Å². The molecule has 166 valence electrons. The van der Waals surface area contributed by atoms with Crippen LogP contribution >= 0.6 is 11.8 Å². The third-order valence-electron chi connectivity index (χ3n) is 4.88. The SMILES string of the molecule is Cc1cc2c(cc1Sc1nc3c(N)ncnc3n1CCCNS(=O)(=O)C(C)C)OCO2. The average molecular weight is 465 g/mol. The molecule has 0 saturated heterocycles. The molecule has 1 aliphatic rings. The minimum atomic E-state index is -3.31. The number of sulfonamides is 1. The molecule has 1 aromatic carbocycles. The molecule has 0 fully saturated rings. The molecule has 0 unspecified atom stereocenters. The zero-order valence-corrected chi connectivity index (χ0v) is 19.1. The molecule has 12 heteroatoms. The van der Waals surface area contributed by atoms with Crippen LogP contribution in [0.15, 0.2) is 28.5 Å². The Bertz CT molecular complexity index is 1230. The Morgan fingerprint density at radius 3 is 2.74 bits per heavy atom. The van der Waals surface area contributed by atoms with Gasteiger partial charge in [-0.3, -0.25) is 0 Å². The van der Waals surface area contributed by atoms with Crippen molar-refractivity contribution in [3.8, 4) is 11.5 Å². The Morgan fingerprint density at radius 2 is 2.00 bits per heavy atom. The highest BCUT2D eigenvalue weighted by Crippen LogP contribution is 2.40. The maximum absolute atomic E-state index is 12.0. The summed E-state index contributed by atoms with van der Waals surface area (Å²) in [4.78, 5) is 14.0. The highest BCUT2D eigenvalue weighted by Gasteiger charge is 2.20. The van der Waals surface area contributed by atoms with Crippen LogP contribution in [0.25, 0.3) is 11.2 Å². The molecule has 0 aliphatic carbocycles. The van der Waals surface area contributed by atoms with E-state index in [0.717, 1.165) is 16.2 Å². The number of hydrogen-bond acceptors (Lipinski definition) is 9. The summed E-state index contributed by atoms with van der Waals surface area (Å²) in [6.07, 6.45) is 1.96. The Morgan fingerprint density at radius 1 is 1.26 bits per heavy atom. The number of anilines is 1. The molecule has 0 spiro atoms. The Labute approximate surface area is 184 Å². The highest BCUT2D eigenvalue weighted by molar-refractivity contribution is 7.99. The van der Waals surface area contributed by atoms with Gasteiger partial charge in [-0.15, -0.1) is 0 Å². The van der Waals surface area contributed by atoms with Gasteiger partial charge in [0.25, 0.3) is 0 Å². The van der Waals surface area contributed by atoms with Crippen LogP contribution in [0.4, 0.5) is 5.82 Å². The van der Waals surface area contributed by atoms with Crippen molar-refractivity contribution in [1.29, 1.82) is 0 Å².